The van der Waals surface area contributed by atoms with E-state index >= 15 is 0 Å². The molecule has 0 spiro atoms. The molecule has 1 aromatic rings. The number of carbonyl (C=O) groups is 1. The minimum absolute atomic E-state index is 0.169. The summed E-state index contributed by atoms with van der Waals surface area (Å²) >= 11 is 4.77. The molecule has 0 aromatic heterocycles. The fraction of sp³-hybridized carbons (Fsp3) is 0.200. The van der Waals surface area contributed by atoms with Crippen molar-refractivity contribution in [3.8, 4) is 0 Å². The van der Waals surface area contributed by atoms with Gasteiger partial charge in [-0.05, 0) is 11.6 Å². The summed E-state index contributed by atoms with van der Waals surface area (Å²) in [6, 6.07) is 6.31. The van der Waals surface area contributed by atoms with Crippen molar-refractivity contribution in [3.05, 3.63) is 35.4 Å². The van der Waals surface area contributed by atoms with Crippen molar-refractivity contribution >= 4 is 23.1 Å². The Morgan fingerprint density at radius 3 is 2.44 bits per heavy atom. The molecule has 0 radical (unpaired) electrons. The Hall–Kier alpha value is -1.50. The summed E-state index contributed by atoms with van der Waals surface area (Å²) < 4.78 is 0. The van der Waals surface area contributed by atoms with Gasteiger partial charge in [0.05, 0.1) is 0 Å². The van der Waals surface area contributed by atoms with E-state index in [0.717, 1.165) is 0 Å². The summed E-state index contributed by atoms with van der Waals surface area (Å²) in [5.41, 5.74) is 11.2. The lowest BCUT2D eigenvalue weighted by Gasteiger charge is -2.15. The third kappa shape index (κ3) is 2.75. The van der Waals surface area contributed by atoms with Gasteiger partial charge < -0.3 is 21.7 Å². The molecule has 0 aliphatic carbocycles. The molecule has 6 N–H and O–H groups in total. The Kier molecular flexibility index (Phi) is 3.94. The number of aliphatic hydroxyl groups is 2. The molecule has 0 aliphatic rings. The van der Waals surface area contributed by atoms with Crippen LogP contribution in [0, 0.1) is 0 Å². The van der Waals surface area contributed by atoms with Crippen molar-refractivity contribution in [1.29, 1.82) is 0 Å². The Morgan fingerprint density at radius 2 is 1.94 bits per heavy atom. The fourth-order valence-electron chi connectivity index (χ4n) is 1.21. The monoisotopic (exact) mass is 240 g/mol. The predicted octanol–water partition coefficient (Wildman–Crippen LogP) is -0.800. The van der Waals surface area contributed by atoms with Gasteiger partial charge in [-0.15, -0.1) is 0 Å². The number of aliphatic hydroxyl groups excluding tert-OH is 2. The smallest absolute Gasteiger partial charge is 0.249 e. The first kappa shape index (κ1) is 12.6. The second kappa shape index (κ2) is 5.02. The van der Waals surface area contributed by atoms with Gasteiger partial charge in [0.15, 0.2) is 6.10 Å². The summed E-state index contributed by atoms with van der Waals surface area (Å²) in [6.45, 7) is 0. The molecule has 2 atom stereocenters. The average Bonchev–Trinajstić information content (AvgIpc) is 2.27. The number of benzene rings is 1. The average molecular weight is 240 g/mol. The molecular formula is C10H12N2O3S. The van der Waals surface area contributed by atoms with Gasteiger partial charge in [0.25, 0.3) is 0 Å². The van der Waals surface area contributed by atoms with Crippen LogP contribution in [-0.2, 0) is 4.79 Å². The Labute approximate surface area is 97.7 Å². The number of hydrogen-bond acceptors (Lipinski definition) is 4. The van der Waals surface area contributed by atoms with E-state index < -0.39 is 18.1 Å². The highest BCUT2D eigenvalue weighted by atomic mass is 32.1. The molecular weight excluding hydrogens is 228 g/mol. The predicted molar refractivity (Wildman–Crippen MR) is 62.5 cm³/mol. The highest BCUT2D eigenvalue weighted by Crippen LogP contribution is 2.18. The molecule has 0 saturated heterocycles. The van der Waals surface area contributed by atoms with E-state index in [2.05, 4.69) is 0 Å². The van der Waals surface area contributed by atoms with Crippen molar-refractivity contribution in [2.24, 2.45) is 11.5 Å². The summed E-state index contributed by atoms with van der Waals surface area (Å²) in [4.78, 5) is 10.9. The minimum Gasteiger partial charge on any atom is -0.389 e. The molecule has 1 aromatic carbocycles. The molecule has 0 fully saturated rings. The van der Waals surface area contributed by atoms with Gasteiger partial charge in [-0.2, -0.15) is 0 Å². The molecule has 0 bridgehead atoms. The lowest BCUT2D eigenvalue weighted by atomic mass is 10.0. The van der Waals surface area contributed by atoms with E-state index in [0.29, 0.717) is 11.1 Å². The van der Waals surface area contributed by atoms with Gasteiger partial charge in [-0.25, -0.2) is 0 Å². The van der Waals surface area contributed by atoms with Crippen LogP contribution in [-0.4, -0.2) is 27.2 Å². The largest absolute Gasteiger partial charge is 0.389 e. The Bertz CT molecular complexity index is 422. The lowest BCUT2D eigenvalue weighted by molar-refractivity contribution is -0.131. The third-order valence-corrected chi connectivity index (χ3v) is 2.34. The van der Waals surface area contributed by atoms with Crippen LogP contribution in [0.2, 0.25) is 0 Å². The van der Waals surface area contributed by atoms with E-state index in [9.17, 15) is 15.0 Å². The maximum atomic E-state index is 10.7. The Morgan fingerprint density at radius 1 is 1.31 bits per heavy atom. The molecule has 0 aliphatic heterocycles. The van der Waals surface area contributed by atoms with Crippen molar-refractivity contribution in [2.45, 2.75) is 12.2 Å². The van der Waals surface area contributed by atoms with E-state index in [-0.39, 0.29) is 4.99 Å². The maximum absolute atomic E-state index is 10.7. The summed E-state index contributed by atoms with van der Waals surface area (Å²) in [7, 11) is 0. The number of nitrogens with two attached hydrogens (primary N) is 2. The first-order valence-corrected chi connectivity index (χ1v) is 4.89. The number of thiocarbonyl (C=S) groups is 1. The Balaban J connectivity index is 3.00. The molecule has 1 rings (SSSR count). The quantitative estimate of drug-likeness (QED) is 0.515. The first-order chi connectivity index (χ1) is 7.43. The summed E-state index contributed by atoms with van der Waals surface area (Å²) in [6.07, 6.45) is -3.03. The third-order valence-electron chi connectivity index (χ3n) is 2.10. The van der Waals surface area contributed by atoms with Crippen molar-refractivity contribution in [3.63, 3.8) is 0 Å². The number of amides is 1. The normalized spacial score (nSPS) is 14.1. The van der Waals surface area contributed by atoms with Crippen molar-refractivity contribution in [2.75, 3.05) is 0 Å². The molecule has 2 unspecified atom stereocenters. The number of hydrogen-bond donors (Lipinski definition) is 4. The maximum Gasteiger partial charge on any atom is 0.249 e. The molecule has 0 saturated carbocycles. The van der Waals surface area contributed by atoms with Crippen molar-refractivity contribution < 1.29 is 15.0 Å². The number of primary amides is 1. The van der Waals surface area contributed by atoms with E-state index in [1.54, 1.807) is 18.2 Å². The van der Waals surface area contributed by atoms with Crippen LogP contribution in [0.3, 0.4) is 0 Å². The van der Waals surface area contributed by atoms with Crippen LogP contribution in [0.5, 0.6) is 0 Å². The minimum atomic E-state index is -1.65. The van der Waals surface area contributed by atoms with Crippen LogP contribution < -0.4 is 11.5 Å². The zero-order chi connectivity index (χ0) is 12.3. The number of rotatable bonds is 4. The van der Waals surface area contributed by atoms with Crippen molar-refractivity contribution in [1.82, 2.24) is 0 Å². The summed E-state index contributed by atoms with van der Waals surface area (Å²) in [5.74, 6) is -0.992. The molecule has 1 amide bonds. The van der Waals surface area contributed by atoms with Gasteiger partial charge in [0.1, 0.15) is 11.1 Å². The molecule has 16 heavy (non-hydrogen) atoms. The summed E-state index contributed by atoms with van der Waals surface area (Å²) in [5, 5.41) is 18.9. The molecule has 6 heteroatoms. The van der Waals surface area contributed by atoms with E-state index in [1.807, 2.05) is 0 Å². The van der Waals surface area contributed by atoms with Crippen LogP contribution in [0.4, 0.5) is 0 Å². The van der Waals surface area contributed by atoms with Gasteiger partial charge in [-0.3, -0.25) is 4.79 Å². The van der Waals surface area contributed by atoms with Gasteiger partial charge in [0, 0.05) is 5.56 Å². The highest BCUT2D eigenvalue weighted by Gasteiger charge is 2.23. The standard InChI is InChI=1S/C10H12N2O3S/c11-9(15)8(14)7(13)5-2-1-3-6(4-5)10(12)16/h1-4,7-8,13-14H,(H2,11,15)(H2,12,16). The topological polar surface area (TPSA) is 110 Å². The van der Waals surface area contributed by atoms with Crippen LogP contribution >= 0.6 is 12.2 Å². The molecule has 0 heterocycles. The molecule has 5 nitrogen and oxygen atoms in total. The van der Waals surface area contributed by atoms with Gasteiger partial charge in [-0.1, -0.05) is 30.4 Å². The number of carbonyl (C=O) groups excluding carboxylic acids is 1. The second-order valence-electron chi connectivity index (χ2n) is 3.28. The fourth-order valence-corrected chi connectivity index (χ4v) is 1.34. The highest BCUT2D eigenvalue weighted by molar-refractivity contribution is 7.80. The van der Waals surface area contributed by atoms with Gasteiger partial charge >= 0.3 is 0 Å². The van der Waals surface area contributed by atoms with E-state index in [1.165, 1.54) is 6.07 Å². The first-order valence-electron chi connectivity index (χ1n) is 4.48. The zero-order valence-electron chi connectivity index (χ0n) is 8.33. The van der Waals surface area contributed by atoms with E-state index in [4.69, 9.17) is 23.7 Å². The second-order valence-corrected chi connectivity index (χ2v) is 3.72. The van der Waals surface area contributed by atoms with Crippen LogP contribution in [0.15, 0.2) is 24.3 Å². The SMILES string of the molecule is NC(=O)C(O)C(O)c1cccc(C(N)=S)c1. The van der Waals surface area contributed by atoms with Crippen LogP contribution in [0.1, 0.15) is 17.2 Å². The lowest BCUT2D eigenvalue weighted by Crippen LogP contribution is -2.33. The molecule has 86 valence electrons. The van der Waals surface area contributed by atoms with Gasteiger partial charge in [0.2, 0.25) is 5.91 Å². The zero-order valence-corrected chi connectivity index (χ0v) is 9.15. The van der Waals surface area contributed by atoms with Crippen LogP contribution in [0.25, 0.3) is 0 Å².